The van der Waals surface area contributed by atoms with Crippen molar-refractivity contribution in [1.82, 2.24) is 0 Å². The van der Waals surface area contributed by atoms with Gasteiger partial charge in [0.25, 0.3) is 0 Å². The number of halogens is 1. The van der Waals surface area contributed by atoms with E-state index in [1.54, 1.807) is 12.1 Å². The standard InChI is InChI=1S/C16H15BrO2/c1-2-12-3-5-13(6-4-12)11-19-16-8-7-15(17)9-14(16)10-18/h3-10H,2,11H2,1H3. The Morgan fingerprint density at radius 3 is 2.42 bits per heavy atom. The van der Waals surface area contributed by atoms with Gasteiger partial charge in [0.05, 0.1) is 5.56 Å². The molecule has 0 N–H and O–H groups in total. The molecular formula is C16H15BrO2. The molecule has 2 aromatic rings. The van der Waals surface area contributed by atoms with E-state index in [9.17, 15) is 4.79 Å². The van der Waals surface area contributed by atoms with Crippen LogP contribution in [0.5, 0.6) is 5.75 Å². The summed E-state index contributed by atoms with van der Waals surface area (Å²) in [6, 6.07) is 13.7. The summed E-state index contributed by atoms with van der Waals surface area (Å²) in [7, 11) is 0. The van der Waals surface area contributed by atoms with Crippen LogP contribution in [0.1, 0.15) is 28.4 Å². The Hall–Kier alpha value is -1.61. The van der Waals surface area contributed by atoms with E-state index in [2.05, 4.69) is 47.1 Å². The summed E-state index contributed by atoms with van der Waals surface area (Å²) >= 11 is 3.33. The van der Waals surface area contributed by atoms with Crippen molar-refractivity contribution in [1.29, 1.82) is 0 Å². The molecule has 2 aromatic carbocycles. The van der Waals surface area contributed by atoms with Crippen molar-refractivity contribution in [2.45, 2.75) is 20.0 Å². The molecule has 0 aromatic heterocycles. The minimum atomic E-state index is 0.465. The van der Waals surface area contributed by atoms with Crippen LogP contribution in [0, 0.1) is 0 Å². The second kappa shape index (κ2) is 6.53. The molecule has 3 heteroatoms. The second-order valence-electron chi connectivity index (χ2n) is 4.26. The summed E-state index contributed by atoms with van der Waals surface area (Å²) in [5, 5.41) is 0. The number of hydrogen-bond donors (Lipinski definition) is 0. The first-order chi connectivity index (χ1) is 9.22. The van der Waals surface area contributed by atoms with Gasteiger partial charge in [-0.1, -0.05) is 47.1 Å². The topological polar surface area (TPSA) is 26.3 Å². The maximum Gasteiger partial charge on any atom is 0.153 e. The summed E-state index contributed by atoms with van der Waals surface area (Å²) in [6.45, 7) is 2.59. The average Bonchev–Trinajstić information content (AvgIpc) is 2.46. The number of hydrogen-bond acceptors (Lipinski definition) is 2. The van der Waals surface area contributed by atoms with Crippen LogP contribution in [-0.2, 0) is 13.0 Å². The van der Waals surface area contributed by atoms with Crippen LogP contribution in [0.15, 0.2) is 46.9 Å². The Kier molecular flexibility index (Phi) is 4.74. The maximum atomic E-state index is 11.0. The molecule has 2 nitrogen and oxygen atoms in total. The van der Waals surface area contributed by atoms with Gasteiger partial charge >= 0.3 is 0 Å². The summed E-state index contributed by atoms with van der Waals surface area (Å²) < 4.78 is 6.56. The van der Waals surface area contributed by atoms with Crippen molar-refractivity contribution < 1.29 is 9.53 Å². The highest BCUT2D eigenvalue weighted by Gasteiger charge is 2.04. The Bertz CT molecular complexity index is 561. The third-order valence-electron chi connectivity index (χ3n) is 2.92. The molecule has 0 amide bonds. The SMILES string of the molecule is CCc1ccc(COc2ccc(Br)cc2C=O)cc1. The molecular weight excluding hydrogens is 304 g/mol. The van der Waals surface area contributed by atoms with Crippen molar-refractivity contribution in [2.24, 2.45) is 0 Å². The van der Waals surface area contributed by atoms with Crippen LogP contribution in [-0.4, -0.2) is 6.29 Å². The van der Waals surface area contributed by atoms with Gasteiger partial charge in [-0.15, -0.1) is 0 Å². The summed E-state index contributed by atoms with van der Waals surface area (Å²) in [5.41, 5.74) is 2.96. The number of carbonyl (C=O) groups is 1. The third-order valence-corrected chi connectivity index (χ3v) is 3.42. The number of rotatable bonds is 5. The van der Waals surface area contributed by atoms with Gasteiger partial charge in [0, 0.05) is 4.47 Å². The summed E-state index contributed by atoms with van der Waals surface area (Å²) in [6.07, 6.45) is 1.84. The Morgan fingerprint density at radius 2 is 1.79 bits per heavy atom. The van der Waals surface area contributed by atoms with Crippen LogP contribution in [0.4, 0.5) is 0 Å². The van der Waals surface area contributed by atoms with Gasteiger partial charge in [-0.25, -0.2) is 0 Å². The Balaban J connectivity index is 2.07. The van der Waals surface area contributed by atoms with E-state index >= 15 is 0 Å². The van der Waals surface area contributed by atoms with Crippen molar-refractivity contribution in [3.8, 4) is 5.75 Å². The van der Waals surface area contributed by atoms with Crippen LogP contribution in [0.3, 0.4) is 0 Å². The molecule has 0 saturated carbocycles. The van der Waals surface area contributed by atoms with Gasteiger partial charge in [0.15, 0.2) is 6.29 Å². The molecule has 0 aliphatic rings. The van der Waals surface area contributed by atoms with Crippen molar-refractivity contribution in [3.63, 3.8) is 0 Å². The van der Waals surface area contributed by atoms with E-state index < -0.39 is 0 Å². The van der Waals surface area contributed by atoms with Gasteiger partial charge in [-0.05, 0) is 35.7 Å². The number of carbonyl (C=O) groups excluding carboxylic acids is 1. The first-order valence-corrected chi connectivity index (χ1v) is 6.97. The fourth-order valence-electron chi connectivity index (χ4n) is 1.78. The van der Waals surface area contributed by atoms with Crippen LogP contribution in [0.25, 0.3) is 0 Å². The molecule has 0 bridgehead atoms. The van der Waals surface area contributed by atoms with Crippen molar-refractivity contribution in [3.05, 3.63) is 63.6 Å². The molecule has 0 aliphatic carbocycles. The number of aryl methyl sites for hydroxylation is 1. The first kappa shape index (κ1) is 13.8. The van der Waals surface area contributed by atoms with Crippen LogP contribution < -0.4 is 4.74 Å². The van der Waals surface area contributed by atoms with Crippen molar-refractivity contribution >= 4 is 22.2 Å². The minimum Gasteiger partial charge on any atom is -0.488 e. The lowest BCUT2D eigenvalue weighted by molar-refractivity contribution is 0.111. The predicted molar refractivity (Wildman–Crippen MR) is 79.7 cm³/mol. The molecule has 98 valence electrons. The summed E-state index contributed by atoms with van der Waals surface area (Å²) in [4.78, 5) is 11.0. The number of aldehydes is 1. The molecule has 0 spiro atoms. The van der Waals surface area contributed by atoms with E-state index in [0.29, 0.717) is 17.9 Å². The normalized spacial score (nSPS) is 10.2. The lowest BCUT2D eigenvalue weighted by Crippen LogP contribution is -1.98. The highest BCUT2D eigenvalue weighted by atomic mass is 79.9. The zero-order valence-corrected chi connectivity index (χ0v) is 12.3. The highest BCUT2D eigenvalue weighted by Crippen LogP contribution is 2.22. The molecule has 0 atom stereocenters. The summed E-state index contributed by atoms with van der Waals surface area (Å²) in [5.74, 6) is 0.609. The lowest BCUT2D eigenvalue weighted by Gasteiger charge is -2.09. The largest absolute Gasteiger partial charge is 0.488 e. The molecule has 2 rings (SSSR count). The van der Waals surface area contributed by atoms with Gasteiger partial charge in [0.1, 0.15) is 12.4 Å². The fourth-order valence-corrected chi connectivity index (χ4v) is 2.15. The number of ether oxygens (including phenoxy) is 1. The zero-order chi connectivity index (χ0) is 13.7. The lowest BCUT2D eigenvalue weighted by atomic mass is 10.1. The number of benzene rings is 2. The van der Waals surface area contributed by atoms with E-state index in [0.717, 1.165) is 22.7 Å². The smallest absolute Gasteiger partial charge is 0.153 e. The molecule has 19 heavy (non-hydrogen) atoms. The average molecular weight is 319 g/mol. The minimum absolute atomic E-state index is 0.465. The van der Waals surface area contributed by atoms with E-state index in [1.165, 1.54) is 5.56 Å². The maximum absolute atomic E-state index is 11.0. The van der Waals surface area contributed by atoms with Gasteiger partial charge in [-0.2, -0.15) is 0 Å². The van der Waals surface area contributed by atoms with E-state index in [-0.39, 0.29) is 0 Å². The first-order valence-electron chi connectivity index (χ1n) is 6.18. The van der Waals surface area contributed by atoms with E-state index in [4.69, 9.17) is 4.74 Å². The molecule has 0 fully saturated rings. The predicted octanol–water partition coefficient (Wildman–Crippen LogP) is 4.40. The van der Waals surface area contributed by atoms with Crippen molar-refractivity contribution in [2.75, 3.05) is 0 Å². The zero-order valence-electron chi connectivity index (χ0n) is 10.7. The molecule has 0 saturated heterocycles. The molecule has 0 unspecified atom stereocenters. The fraction of sp³-hybridized carbons (Fsp3) is 0.188. The monoisotopic (exact) mass is 318 g/mol. The molecule has 0 radical (unpaired) electrons. The molecule has 0 aliphatic heterocycles. The third kappa shape index (κ3) is 3.67. The van der Waals surface area contributed by atoms with E-state index in [1.807, 2.05) is 6.07 Å². The molecule has 0 heterocycles. The quantitative estimate of drug-likeness (QED) is 0.764. The second-order valence-corrected chi connectivity index (χ2v) is 5.17. The highest BCUT2D eigenvalue weighted by molar-refractivity contribution is 9.10. The van der Waals surface area contributed by atoms with Gasteiger partial charge in [0.2, 0.25) is 0 Å². The van der Waals surface area contributed by atoms with Crippen LogP contribution in [0.2, 0.25) is 0 Å². The van der Waals surface area contributed by atoms with Gasteiger partial charge in [-0.3, -0.25) is 4.79 Å². The Labute approximate surface area is 121 Å². The van der Waals surface area contributed by atoms with Crippen LogP contribution >= 0.6 is 15.9 Å². The van der Waals surface area contributed by atoms with Gasteiger partial charge < -0.3 is 4.74 Å². The Morgan fingerprint density at radius 1 is 1.11 bits per heavy atom.